The molecule has 3 fully saturated rings. The molecular formula is C18H30N4O4. The van der Waals surface area contributed by atoms with Gasteiger partial charge in [0.2, 0.25) is 11.8 Å². The number of hydrogen-bond donors (Lipinski definition) is 3. The molecule has 0 bridgehead atoms. The smallest absolute Gasteiger partial charge is 0.264 e. The lowest BCUT2D eigenvalue weighted by Gasteiger charge is -2.32. The van der Waals surface area contributed by atoms with Gasteiger partial charge in [-0.05, 0) is 38.5 Å². The van der Waals surface area contributed by atoms with Crippen LogP contribution in [0.3, 0.4) is 0 Å². The molecule has 2 heterocycles. The van der Waals surface area contributed by atoms with Gasteiger partial charge in [0.05, 0.1) is 6.10 Å². The number of fused-ring (bicyclic) bond motifs is 1. The van der Waals surface area contributed by atoms with Crippen LogP contribution < -0.4 is 16.0 Å². The largest absolute Gasteiger partial charge is 0.356 e. The van der Waals surface area contributed by atoms with Crippen molar-refractivity contribution in [1.29, 1.82) is 0 Å². The fraction of sp³-hybridized carbons (Fsp3) is 0.833. The second-order valence-electron chi connectivity index (χ2n) is 7.59. The van der Waals surface area contributed by atoms with Crippen molar-refractivity contribution >= 4 is 17.7 Å². The van der Waals surface area contributed by atoms with Crippen LogP contribution in [0.4, 0.5) is 0 Å². The normalized spacial score (nSPS) is 34.5. The van der Waals surface area contributed by atoms with Crippen molar-refractivity contribution in [2.24, 2.45) is 5.92 Å². The Morgan fingerprint density at radius 2 is 1.73 bits per heavy atom. The van der Waals surface area contributed by atoms with Crippen molar-refractivity contribution in [3.8, 4) is 0 Å². The van der Waals surface area contributed by atoms with Gasteiger partial charge in [0.15, 0.2) is 6.23 Å². The van der Waals surface area contributed by atoms with Gasteiger partial charge in [-0.2, -0.15) is 0 Å². The second kappa shape index (κ2) is 8.35. The number of ether oxygens (including phenoxy) is 1. The van der Waals surface area contributed by atoms with Gasteiger partial charge < -0.3 is 20.3 Å². The Bertz CT molecular complexity index is 531. The molecule has 3 atom stereocenters. The molecule has 0 radical (unpaired) electrons. The van der Waals surface area contributed by atoms with Crippen LogP contribution in [-0.4, -0.2) is 67.2 Å². The first-order chi connectivity index (χ1) is 12.5. The van der Waals surface area contributed by atoms with E-state index in [1.807, 2.05) is 4.90 Å². The van der Waals surface area contributed by atoms with Gasteiger partial charge in [-0.3, -0.25) is 19.7 Å². The SMILES string of the molecule is CNC(=O)C1NC2CCN(C(=O)C3CCC(NC(C)=O)CC3)CCC2O1. The van der Waals surface area contributed by atoms with Crippen molar-refractivity contribution < 1.29 is 19.1 Å². The highest BCUT2D eigenvalue weighted by Crippen LogP contribution is 2.28. The third-order valence-corrected chi connectivity index (χ3v) is 5.80. The monoisotopic (exact) mass is 366 g/mol. The number of likely N-dealkylation sites (N-methyl/N-ethyl adjacent to an activating group) is 1. The summed E-state index contributed by atoms with van der Waals surface area (Å²) < 4.78 is 5.82. The lowest BCUT2D eigenvalue weighted by Crippen LogP contribution is -2.44. The van der Waals surface area contributed by atoms with Crippen molar-refractivity contribution in [3.63, 3.8) is 0 Å². The van der Waals surface area contributed by atoms with Crippen LogP contribution in [0.2, 0.25) is 0 Å². The summed E-state index contributed by atoms with van der Waals surface area (Å²) in [4.78, 5) is 37.7. The average molecular weight is 366 g/mol. The maximum atomic E-state index is 12.9. The molecular weight excluding hydrogens is 336 g/mol. The minimum Gasteiger partial charge on any atom is -0.356 e. The molecule has 2 saturated heterocycles. The minimum absolute atomic E-state index is 0.00129. The number of rotatable bonds is 3. The molecule has 0 aromatic heterocycles. The molecule has 0 aromatic rings. The Morgan fingerprint density at radius 3 is 2.38 bits per heavy atom. The number of carbonyl (C=O) groups excluding carboxylic acids is 3. The van der Waals surface area contributed by atoms with E-state index in [0.29, 0.717) is 13.1 Å². The van der Waals surface area contributed by atoms with E-state index in [1.54, 1.807) is 7.05 Å². The van der Waals surface area contributed by atoms with Crippen LogP contribution in [-0.2, 0) is 19.1 Å². The van der Waals surface area contributed by atoms with E-state index in [-0.39, 0.29) is 41.8 Å². The molecule has 0 aromatic carbocycles. The summed E-state index contributed by atoms with van der Waals surface area (Å²) in [7, 11) is 1.60. The third kappa shape index (κ3) is 4.35. The highest BCUT2D eigenvalue weighted by atomic mass is 16.5. The van der Waals surface area contributed by atoms with Crippen molar-refractivity contribution in [2.75, 3.05) is 20.1 Å². The van der Waals surface area contributed by atoms with Crippen LogP contribution in [0.15, 0.2) is 0 Å². The number of hydrogen-bond acceptors (Lipinski definition) is 5. The average Bonchev–Trinajstić information content (AvgIpc) is 2.94. The fourth-order valence-corrected chi connectivity index (χ4v) is 4.36. The van der Waals surface area contributed by atoms with Crippen LogP contribution in [0.25, 0.3) is 0 Å². The van der Waals surface area contributed by atoms with E-state index in [2.05, 4.69) is 16.0 Å². The molecule has 3 N–H and O–H groups in total. The molecule has 3 rings (SSSR count). The van der Waals surface area contributed by atoms with E-state index in [4.69, 9.17) is 4.74 Å². The Kier molecular flexibility index (Phi) is 6.13. The van der Waals surface area contributed by atoms with E-state index in [9.17, 15) is 14.4 Å². The molecule has 3 aliphatic rings. The summed E-state index contributed by atoms with van der Waals surface area (Å²) in [6.07, 6.45) is 4.35. The zero-order valence-corrected chi connectivity index (χ0v) is 15.6. The summed E-state index contributed by atoms with van der Waals surface area (Å²) in [6.45, 7) is 2.91. The lowest BCUT2D eigenvalue weighted by molar-refractivity contribution is -0.137. The molecule has 2 aliphatic heterocycles. The van der Waals surface area contributed by atoms with Crippen LogP contribution in [0.1, 0.15) is 45.4 Å². The summed E-state index contributed by atoms with van der Waals surface area (Å²) in [5, 5.41) is 8.79. The van der Waals surface area contributed by atoms with Crippen LogP contribution in [0.5, 0.6) is 0 Å². The fourth-order valence-electron chi connectivity index (χ4n) is 4.36. The van der Waals surface area contributed by atoms with E-state index in [0.717, 1.165) is 38.5 Å². The number of carbonyl (C=O) groups is 3. The van der Waals surface area contributed by atoms with Gasteiger partial charge in [0.25, 0.3) is 5.91 Å². The molecule has 0 spiro atoms. The quantitative estimate of drug-likeness (QED) is 0.639. The molecule has 8 nitrogen and oxygen atoms in total. The topological polar surface area (TPSA) is 99.8 Å². The zero-order chi connectivity index (χ0) is 18.7. The molecule has 8 heteroatoms. The van der Waals surface area contributed by atoms with E-state index < -0.39 is 6.23 Å². The van der Waals surface area contributed by atoms with Crippen molar-refractivity contribution in [2.45, 2.75) is 69.9 Å². The van der Waals surface area contributed by atoms with Gasteiger partial charge in [-0.1, -0.05) is 0 Å². The van der Waals surface area contributed by atoms with Crippen molar-refractivity contribution in [1.82, 2.24) is 20.9 Å². The summed E-state index contributed by atoms with van der Waals surface area (Å²) in [5.41, 5.74) is 0. The molecule has 26 heavy (non-hydrogen) atoms. The Balaban J connectivity index is 1.48. The number of amides is 3. The van der Waals surface area contributed by atoms with Crippen LogP contribution in [0, 0.1) is 5.92 Å². The molecule has 3 amide bonds. The van der Waals surface area contributed by atoms with Gasteiger partial charge >= 0.3 is 0 Å². The van der Waals surface area contributed by atoms with E-state index in [1.165, 1.54) is 6.92 Å². The maximum absolute atomic E-state index is 12.9. The summed E-state index contributed by atoms with van der Waals surface area (Å²) in [5.74, 6) is 0.142. The van der Waals surface area contributed by atoms with Gasteiger partial charge in [-0.25, -0.2) is 0 Å². The highest BCUT2D eigenvalue weighted by Gasteiger charge is 2.40. The number of nitrogens with one attached hydrogen (secondary N) is 3. The molecule has 1 aliphatic carbocycles. The first-order valence-corrected chi connectivity index (χ1v) is 9.67. The maximum Gasteiger partial charge on any atom is 0.264 e. The lowest BCUT2D eigenvalue weighted by atomic mass is 9.85. The zero-order valence-electron chi connectivity index (χ0n) is 15.6. The van der Waals surface area contributed by atoms with Crippen molar-refractivity contribution in [3.05, 3.63) is 0 Å². The van der Waals surface area contributed by atoms with Gasteiger partial charge in [-0.15, -0.1) is 0 Å². The first-order valence-electron chi connectivity index (χ1n) is 9.67. The first kappa shape index (κ1) is 19.1. The molecule has 146 valence electrons. The van der Waals surface area contributed by atoms with E-state index >= 15 is 0 Å². The predicted molar refractivity (Wildman–Crippen MR) is 95.0 cm³/mol. The Hall–Kier alpha value is -1.67. The summed E-state index contributed by atoms with van der Waals surface area (Å²) >= 11 is 0. The van der Waals surface area contributed by atoms with Gasteiger partial charge in [0, 0.05) is 45.1 Å². The second-order valence-corrected chi connectivity index (χ2v) is 7.59. The van der Waals surface area contributed by atoms with Crippen LogP contribution >= 0.6 is 0 Å². The third-order valence-electron chi connectivity index (χ3n) is 5.80. The molecule has 1 saturated carbocycles. The Morgan fingerprint density at radius 1 is 1.04 bits per heavy atom. The number of likely N-dealkylation sites (tertiary alicyclic amines) is 1. The Labute approximate surface area is 154 Å². The highest BCUT2D eigenvalue weighted by molar-refractivity contribution is 5.80. The minimum atomic E-state index is -0.582. The summed E-state index contributed by atoms with van der Waals surface area (Å²) in [6, 6.07) is 0.324. The van der Waals surface area contributed by atoms with Gasteiger partial charge in [0.1, 0.15) is 0 Å². The number of nitrogens with zero attached hydrogens (tertiary/aromatic N) is 1. The standard InChI is InChI=1S/C18H30N4O4/c1-11(23)20-13-5-3-12(4-6-13)18(25)22-9-7-14-15(8-10-22)26-17(21-14)16(24)19-2/h12-15,17,21H,3-10H2,1-2H3,(H,19,24)(H,20,23). The predicted octanol–water partition coefficient (Wildman–Crippen LogP) is -0.267. The molecule has 3 unspecified atom stereocenters.